The lowest BCUT2D eigenvalue weighted by atomic mass is 9.90. The van der Waals surface area contributed by atoms with Gasteiger partial charge in [0, 0.05) is 19.3 Å². The van der Waals surface area contributed by atoms with Crippen LogP contribution >= 0.6 is 15.9 Å². The number of aromatic nitrogens is 2. The summed E-state index contributed by atoms with van der Waals surface area (Å²) in [5.41, 5.74) is 6.00. The molecule has 2 heterocycles. The van der Waals surface area contributed by atoms with Crippen LogP contribution in [0.1, 0.15) is 13.3 Å². The van der Waals surface area contributed by atoms with Crippen LogP contribution in [0.5, 0.6) is 0 Å². The molecule has 15 heavy (non-hydrogen) atoms. The average molecular weight is 271 g/mol. The van der Waals surface area contributed by atoms with Crippen molar-refractivity contribution in [3.8, 4) is 0 Å². The second-order valence-corrected chi connectivity index (χ2v) is 5.23. The number of nitrogens with two attached hydrogens (primary N) is 1. The largest absolute Gasteiger partial charge is 0.355 e. The molecule has 2 N–H and O–H groups in total. The molecule has 0 aromatic carbocycles. The summed E-state index contributed by atoms with van der Waals surface area (Å²) in [5.74, 6) is 0.974. The lowest BCUT2D eigenvalue weighted by Gasteiger charge is -2.23. The number of anilines is 1. The summed E-state index contributed by atoms with van der Waals surface area (Å²) in [5, 5.41) is 0. The van der Waals surface area contributed by atoms with Gasteiger partial charge in [0.1, 0.15) is 12.1 Å². The fraction of sp³-hybridized carbons (Fsp3) is 0.600. The highest BCUT2D eigenvalue weighted by Crippen LogP contribution is 2.33. The Labute approximate surface area is 98.0 Å². The van der Waals surface area contributed by atoms with Crippen LogP contribution in [-0.4, -0.2) is 29.6 Å². The van der Waals surface area contributed by atoms with Crippen LogP contribution in [0.25, 0.3) is 0 Å². The molecule has 82 valence electrons. The average Bonchev–Trinajstić information content (AvgIpc) is 2.63. The summed E-state index contributed by atoms with van der Waals surface area (Å²) in [6.07, 6.45) is 4.48. The molecule has 1 aromatic heterocycles. The van der Waals surface area contributed by atoms with Crippen LogP contribution in [0.2, 0.25) is 0 Å². The van der Waals surface area contributed by atoms with Crippen LogP contribution in [0.3, 0.4) is 0 Å². The minimum atomic E-state index is 0.227. The summed E-state index contributed by atoms with van der Waals surface area (Å²) in [4.78, 5) is 10.5. The second-order valence-electron chi connectivity index (χ2n) is 4.38. The van der Waals surface area contributed by atoms with Crippen molar-refractivity contribution in [1.29, 1.82) is 0 Å². The Morgan fingerprint density at radius 3 is 3.07 bits per heavy atom. The van der Waals surface area contributed by atoms with Gasteiger partial charge in [-0.05, 0) is 34.3 Å². The molecule has 0 radical (unpaired) electrons. The van der Waals surface area contributed by atoms with Crippen molar-refractivity contribution < 1.29 is 0 Å². The van der Waals surface area contributed by atoms with Gasteiger partial charge < -0.3 is 10.6 Å². The van der Waals surface area contributed by atoms with Crippen molar-refractivity contribution in [2.75, 3.05) is 24.5 Å². The maximum Gasteiger partial charge on any atom is 0.146 e. The Hall–Kier alpha value is -0.680. The minimum Gasteiger partial charge on any atom is -0.355 e. The van der Waals surface area contributed by atoms with E-state index in [0.29, 0.717) is 0 Å². The Morgan fingerprint density at radius 1 is 1.67 bits per heavy atom. The molecule has 1 fully saturated rings. The van der Waals surface area contributed by atoms with Gasteiger partial charge in [0.15, 0.2) is 0 Å². The van der Waals surface area contributed by atoms with E-state index >= 15 is 0 Å². The molecule has 1 atom stereocenters. The Morgan fingerprint density at radius 2 is 2.47 bits per heavy atom. The zero-order valence-electron chi connectivity index (χ0n) is 8.78. The topological polar surface area (TPSA) is 55.0 Å². The highest BCUT2D eigenvalue weighted by atomic mass is 79.9. The zero-order chi connectivity index (χ0) is 10.9. The van der Waals surface area contributed by atoms with Crippen molar-refractivity contribution in [2.45, 2.75) is 13.3 Å². The quantitative estimate of drug-likeness (QED) is 0.883. The molecule has 1 aliphatic rings. The number of hydrogen-bond acceptors (Lipinski definition) is 4. The first kappa shape index (κ1) is 10.8. The monoisotopic (exact) mass is 270 g/mol. The first-order chi connectivity index (χ1) is 7.14. The van der Waals surface area contributed by atoms with Crippen LogP contribution in [0.4, 0.5) is 5.82 Å². The smallest absolute Gasteiger partial charge is 0.146 e. The number of rotatable bonds is 2. The van der Waals surface area contributed by atoms with Gasteiger partial charge in [-0.2, -0.15) is 0 Å². The van der Waals surface area contributed by atoms with E-state index in [-0.39, 0.29) is 5.41 Å². The maximum absolute atomic E-state index is 5.78. The van der Waals surface area contributed by atoms with Gasteiger partial charge in [-0.15, -0.1) is 0 Å². The third-order valence-electron chi connectivity index (χ3n) is 3.00. The number of nitrogens with zero attached hydrogens (tertiary/aromatic N) is 3. The van der Waals surface area contributed by atoms with Crippen LogP contribution in [0, 0.1) is 5.41 Å². The van der Waals surface area contributed by atoms with Crippen LogP contribution in [-0.2, 0) is 0 Å². The molecule has 0 spiro atoms. The summed E-state index contributed by atoms with van der Waals surface area (Å²) in [6.45, 7) is 4.94. The minimum absolute atomic E-state index is 0.227. The highest BCUT2D eigenvalue weighted by molar-refractivity contribution is 9.10. The lowest BCUT2D eigenvalue weighted by molar-refractivity contribution is 0.383. The SMILES string of the molecule is CC1(CN)CCN(c2ncncc2Br)C1. The van der Waals surface area contributed by atoms with E-state index in [2.05, 4.69) is 37.7 Å². The summed E-state index contributed by atoms with van der Waals surface area (Å²) in [7, 11) is 0. The zero-order valence-corrected chi connectivity index (χ0v) is 10.4. The van der Waals surface area contributed by atoms with Gasteiger partial charge in [0.2, 0.25) is 0 Å². The van der Waals surface area contributed by atoms with E-state index in [1.807, 2.05) is 0 Å². The molecular formula is C10H15BrN4. The number of halogens is 1. The van der Waals surface area contributed by atoms with Gasteiger partial charge in [-0.25, -0.2) is 9.97 Å². The lowest BCUT2D eigenvalue weighted by Crippen LogP contribution is -2.31. The molecule has 0 amide bonds. The molecule has 0 saturated carbocycles. The predicted octanol–water partition coefficient (Wildman–Crippen LogP) is 1.41. The van der Waals surface area contributed by atoms with Gasteiger partial charge in [0.25, 0.3) is 0 Å². The molecule has 1 aromatic rings. The van der Waals surface area contributed by atoms with E-state index in [1.54, 1.807) is 12.5 Å². The summed E-state index contributed by atoms with van der Waals surface area (Å²) >= 11 is 3.47. The van der Waals surface area contributed by atoms with E-state index in [4.69, 9.17) is 5.73 Å². The highest BCUT2D eigenvalue weighted by Gasteiger charge is 2.33. The molecule has 1 saturated heterocycles. The fourth-order valence-corrected chi connectivity index (χ4v) is 2.38. The van der Waals surface area contributed by atoms with E-state index in [1.165, 1.54) is 0 Å². The van der Waals surface area contributed by atoms with Gasteiger partial charge in [0.05, 0.1) is 4.47 Å². The molecule has 0 bridgehead atoms. The molecule has 2 rings (SSSR count). The molecule has 5 heteroatoms. The normalized spacial score (nSPS) is 25.9. The maximum atomic E-state index is 5.78. The molecule has 1 unspecified atom stereocenters. The second kappa shape index (κ2) is 4.06. The molecular weight excluding hydrogens is 256 g/mol. The molecule has 1 aliphatic heterocycles. The van der Waals surface area contributed by atoms with Crippen molar-refractivity contribution in [2.24, 2.45) is 11.1 Å². The molecule has 0 aliphatic carbocycles. The van der Waals surface area contributed by atoms with E-state index in [0.717, 1.165) is 36.3 Å². The van der Waals surface area contributed by atoms with Gasteiger partial charge >= 0.3 is 0 Å². The van der Waals surface area contributed by atoms with Crippen molar-refractivity contribution >= 4 is 21.7 Å². The number of hydrogen-bond donors (Lipinski definition) is 1. The fourth-order valence-electron chi connectivity index (χ4n) is 1.91. The Kier molecular flexibility index (Phi) is 2.93. The van der Waals surface area contributed by atoms with Crippen LogP contribution < -0.4 is 10.6 Å². The van der Waals surface area contributed by atoms with Crippen molar-refractivity contribution in [3.63, 3.8) is 0 Å². The predicted molar refractivity (Wildman–Crippen MR) is 63.7 cm³/mol. The van der Waals surface area contributed by atoms with Crippen molar-refractivity contribution in [3.05, 3.63) is 17.0 Å². The summed E-state index contributed by atoms with van der Waals surface area (Å²) in [6, 6.07) is 0. The third-order valence-corrected chi connectivity index (χ3v) is 3.56. The first-order valence-electron chi connectivity index (χ1n) is 5.05. The van der Waals surface area contributed by atoms with Gasteiger partial charge in [-0.3, -0.25) is 0 Å². The van der Waals surface area contributed by atoms with E-state index < -0.39 is 0 Å². The Balaban J connectivity index is 2.18. The summed E-state index contributed by atoms with van der Waals surface area (Å²) < 4.78 is 0.950. The Bertz CT molecular complexity index is 357. The van der Waals surface area contributed by atoms with Gasteiger partial charge in [-0.1, -0.05) is 6.92 Å². The van der Waals surface area contributed by atoms with E-state index in [9.17, 15) is 0 Å². The standard InChI is InChI=1S/C10H15BrN4/c1-10(5-12)2-3-15(6-10)9-8(11)4-13-7-14-9/h4,7H,2-3,5-6,12H2,1H3. The van der Waals surface area contributed by atoms with Crippen molar-refractivity contribution in [1.82, 2.24) is 9.97 Å². The molecule has 4 nitrogen and oxygen atoms in total. The van der Waals surface area contributed by atoms with Crippen LogP contribution in [0.15, 0.2) is 17.0 Å². The third kappa shape index (κ3) is 2.13. The first-order valence-corrected chi connectivity index (χ1v) is 5.84.